The number of nitrogens with two attached hydrogens (primary N) is 1. The Morgan fingerprint density at radius 1 is 1.31 bits per heavy atom. The van der Waals surface area contributed by atoms with Crippen molar-refractivity contribution in [2.45, 2.75) is 51.4 Å². The third kappa shape index (κ3) is 2.61. The summed E-state index contributed by atoms with van der Waals surface area (Å²) < 4.78 is 5.33. The maximum absolute atomic E-state index is 5.68. The molecule has 0 radical (unpaired) electrons. The van der Waals surface area contributed by atoms with Crippen LogP contribution in [0.4, 0.5) is 0 Å². The van der Waals surface area contributed by atoms with Crippen LogP contribution in [0.3, 0.4) is 0 Å². The molecule has 0 unspecified atom stereocenters. The van der Waals surface area contributed by atoms with Gasteiger partial charge in [0, 0.05) is 12.3 Å². The first-order valence-electron chi connectivity index (χ1n) is 6.36. The Morgan fingerprint density at radius 3 is 2.69 bits per heavy atom. The standard InChI is InChI=1S/C12H21N3O/c1-2-3-11-14-12(16-15-11)10-6-4-9(8-13)5-7-10/h9-10H,2-8,13H2,1H3. The van der Waals surface area contributed by atoms with Crippen molar-refractivity contribution in [3.63, 3.8) is 0 Å². The Balaban J connectivity index is 1.92. The van der Waals surface area contributed by atoms with E-state index in [-0.39, 0.29) is 0 Å². The van der Waals surface area contributed by atoms with Crippen molar-refractivity contribution in [2.24, 2.45) is 11.7 Å². The van der Waals surface area contributed by atoms with Crippen LogP contribution in [0.25, 0.3) is 0 Å². The normalized spacial score (nSPS) is 25.9. The van der Waals surface area contributed by atoms with Crippen LogP contribution < -0.4 is 5.73 Å². The molecule has 1 aliphatic rings. The molecule has 1 aliphatic carbocycles. The first-order chi connectivity index (χ1) is 7.83. The minimum atomic E-state index is 0.473. The monoisotopic (exact) mass is 223 g/mol. The highest BCUT2D eigenvalue weighted by Gasteiger charge is 2.25. The molecule has 1 heterocycles. The van der Waals surface area contributed by atoms with E-state index in [2.05, 4.69) is 17.1 Å². The quantitative estimate of drug-likeness (QED) is 0.850. The Hall–Kier alpha value is -0.900. The lowest BCUT2D eigenvalue weighted by Crippen LogP contribution is -2.20. The van der Waals surface area contributed by atoms with E-state index in [1.54, 1.807) is 0 Å². The number of hydrogen-bond acceptors (Lipinski definition) is 4. The van der Waals surface area contributed by atoms with Gasteiger partial charge in [-0.25, -0.2) is 0 Å². The van der Waals surface area contributed by atoms with Gasteiger partial charge in [0.1, 0.15) is 0 Å². The molecule has 1 aromatic heterocycles. The largest absolute Gasteiger partial charge is 0.339 e. The fourth-order valence-electron chi connectivity index (χ4n) is 2.40. The molecular weight excluding hydrogens is 202 g/mol. The highest BCUT2D eigenvalue weighted by atomic mass is 16.5. The molecule has 0 aromatic carbocycles. The van der Waals surface area contributed by atoms with Crippen molar-refractivity contribution < 1.29 is 4.52 Å². The van der Waals surface area contributed by atoms with Gasteiger partial charge in [-0.1, -0.05) is 12.1 Å². The lowest BCUT2D eigenvalue weighted by molar-refractivity contribution is 0.274. The van der Waals surface area contributed by atoms with Crippen molar-refractivity contribution >= 4 is 0 Å². The van der Waals surface area contributed by atoms with Crippen LogP contribution in [0.15, 0.2) is 4.52 Å². The van der Waals surface area contributed by atoms with Crippen LogP contribution in [0, 0.1) is 5.92 Å². The van der Waals surface area contributed by atoms with Gasteiger partial charge in [0.05, 0.1) is 0 Å². The summed E-state index contributed by atoms with van der Waals surface area (Å²) in [6.07, 6.45) is 6.69. The number of nitrogens with zero attached hydrogens (tertiary/aromatic N) is 2. The SMILES string of the molecule is CCCc1noc(C2CCC(CN)CC2)n1. The van der Waals surface area contributed by atoms with Gasteiger partial charge in [-0.05, 0) is 44.6 Å². The van der Waals surface area contributed by atoms with Gasteiger partial charge >= 0.3 is 0 Å². The van der Waals surface area contributed by atoms with E-state index in [1.165, 1.54) is 12.8 Å². The summed E-state index contributed by atoms with van der Waals surface area (Å²) in [7, 11) is 0. The van der Waals surface area contributed by atoms with Gasteiger partial charge in [0.15, 0.2) is 5.82 Å². The van der Waals surface area contributed by atoms with Crippen LogP contribution >= 0.6 is 0 Å². The minimum absolute atomic E-state index is 0.473. The molecule has 90 valence electrons. The highest BCUT2D eigenvalue weighted by Crippen LogP contribution is 2.34. The summed E-state index contributed by atoms with van der Waals surface area (Å²) >= 11 is 0. The number of rotatable bonds is 4. The molecule has 2 N–H and O–H groups in total. The topological polar surface area (TPSA) is 64.9 Å². The third-order valence-corrected chi connectivity index (χ3v) is 3.49. The molecule has 16 heavy (non-hydrogen) atoms. The molecule has 1 saturated carbocycles. The first-order valence-corrected chi connectivity index (χ1v) is 6.36. The highest BCUT2D eigenvalue weighted by molar-refractivity contribution is 4.96. The number of aromatic nitrogens is 2. The molecule has 1 fully saturated rings. The summed E-state index contributed by atoms with van der Waals surface area (Å²) in [5.74, 6) is 2.88. The fourth-order valence-corrected chi connectivity index (χ4v) is 2.40. The van der Waals surface area contributed by atoms with Crippen molar-refractivity contribution in [1.29, 1.82) is 0 Å². The second-order valence-corrected chi connectivity index (χ2v) is 4.75. The van der Waals surface area contributed by atoms with Crippen LogP contribution in [-0.4, -0.2) is 16.7 Å². The van der Waals surface area contributed by atoms with Gasteiger partial charge < -0.3 is 10.3 Å². The van der Waals surface area contributed by atoms with E-state index >= 15 is 0 Å². The summed E-state index contributed by atoms with van der Waals surface area (Å²) in [5.41, 5.74) is 5.68. The van der Waals surface area contributed by atoms with Crippen molar-refractivity contribution in [3.05, 3.63) is 11.7 Å². The van der Waals surface area contributed by atoms with Gasteiger partial charge in [0.25, 0.3) is 0 Å². The average molecular weight is 223 g/mol. The second kappa shape index (κ2) is 5.43. The Kier molecular flexibility index (Phi) is 3.93. The molecule has 4 nitrogen and oxygen atoms in total. The Bertz CT molecular complexity index is 316. The molecular formula is C12H21N3O. The van der Waals surface area contributed by atoms with Crippen LogP contribution in [0.5, 0.6) is 0 Å². The summed E-state index contributed by atoms with van der Waals surface area (Å²) in [5, 5.41) is 4.01. The molecule has 0 spiro atoms. The predicted octanol–water partition coefficient (Wildman–Crippen LogP) is 2.25. The van der Waals surface area contributed by atoms with Crippen LogP contribution in [-0.2, 0) is 6.42 Å². The third-order valence-electron chi connectivity index (χ3n) is 3.49. The van der Waals surface area contributed by atoms with E-state index in [1.807, 2.05) is 0 Å². The molecule has 4 heteroatoms. The van der Waals surface area contributed by atoms with Crippen molar-refractivity contribution in [1.82, 2.24) is 10.1 Å². The summed E-state index contributed by atoms with van der Waals surface area (Å²) in [6.45, 7) is 2.94. The van der Waals surface area contributed by atoms with Crippen molar-refractivity contribution in [2.75, 3.05) is 6.54 Å². The zero-order valence-electron chi connectivity index (χ0n) is 9.98. The summed E-state index contributed by atoms with van der Waals surface area (Å²) in [6, 6.07) is 0. The van der Waals surface area contributed by atoms with E-state index in [0.717, 1.165) is 43.9 Å². The van der Waals surface area contributed by atoms with Crippen LogP contribution in [0.2, 0.25) is 0 Å². The first kappa shape index (κ1) is 11.6. The molecule has 0 bridgehead atoms. The Morgan fingerprint density at radius 2 is 2.06 bits per heavy atom. The summed E-state index contributed by atoms with van der Waals surface area (Å²) in [4.78, 5) is 4.47. The van der Waals surface area contributed by atoms with Gasteiger partial charge in [-0.2, -0.15) is 4.98 Å². The lowest BCUT2D eigenvalue weighted by Gasteiger charge is -2.24. The maximum atomic E-state index is 5.68. The maximum Gasteiger partial charge on any atom is 0.229 e. The second-order valence-electron chi connectivity index (χ2n) is 4.75. The molecule has 0 amide bonds. The zero-order valence-corrected chi connectivity index (χ0v) is 9.98. The van der Waals surface area contributed by atoms with E-state index in [4.69, 9.17) is 10.3 Å². The lowest BCUT2D eigenvalue weighted by atomic mass is 9.82. The zero-order chi connectivity index (χ0) is 11.4. The number of hydrogen-bond donors (Lipinski definition) is 1. The van der Waals surface area contributed by atoms with Gasteiger partial charge in [0.2, 0.25) is 5.89 Å². The molecule has 0 saturated heterocycles. The molecule has 1 aromatic rings. The predicted molar refractivity (Wildman–Crippen MR) is 62.0 cm³/mol. The van der Waals surface area contributed by atoms with Crippen LogP contribution in [0.1, 0.15) is 56.7 Å². The van der Waals surface area contributed by atoms with E-state index < -0.39 is 0 Å². The number of aryl methyl sites for hydroxylation is 1. The van der Waals surface area contributed by atoms with Gasteiger partial charge in [-0.15, -0.1) is 0 Å². The van der Waals surface area contributed by atoms with Gasteiger partial charge in [-0.3, -0.25) is 0 Å². The Labute approximate surface area is 96.6 Å². The van der Waals surface area contributed by atoms with E-state index in [9.17, 15) is 0 Å². The van der Waals surface area contributed by atoms with E-state index in [0.29, 0.717) is 11.8 Å². The average Bonchev–Trinajstić information content (AvgIpc) is 2.78. The smallest absolute Gasteiger partial charge is 0.229 e. The van der Waals surface area contributed by atoms with Crippen molar-refractivity contribution in [3.8, 4) is 0 Å². The minimum Gasteiger partial charge on any atom is -0.339 e. The fraction of sp³-hybridized carbons (Fsp3) is 0.833. The molecule has 0 aliphatic heterocycles. The molecule has 0 atom stereocenters. The molecule has 2 rings (SSSR count).